The van der Waals surface area contributed by atoms with Crippen molar-refractivity contribution in [1.29, 1.82) is 0 Å². The fourth-order valence-corrected chi connectivity index (χ4v) is 3.10. The highest BCUT2D eigenvalue weighted by Crippen LogP contribution is 2.18. The average molecular weight is 446 g/mol. The summed E-state index contributed by atoms with van der Waals surface area (Å²) in [5, 5.41) is 2.94. The fourth-order valence-electron chi connectivity index (χ4n) is 3.10. The standard InChI is InChI=1S/C18H26N2O3.HI/c1-4-23-18(22)15-6-5-7-20(11-15)12-17(21)19-16-9-13(2)8-14(3)10-16;/h8-10,15H,4-7,11-12H2,1-3H3,(H,19,21);1H. The molecule has 1 saturated heterocycles. The van der Waals surface area contributed by atoms with E-state index in [0.717, 1.165) is 36.2 Å². The lowest BCUT2D eigenvalue weighted by molar-refractivity contribution is -0.150. The zero-order valence-corrected chi connectivity index (χ0v) is 17.0. The van der Waals surface area contributed by atoms with E-state index in [1.807, 2.05) is 37.8 Å². The Hall–Kier alpha value is -1.15. The summed E-state index contributed by atoms with van der Waals surface area (Å²) >= 11 is 0. The quantitative estimate of drug-likeness (QED) is 0.558. The van der Waals surface area contributed by atoms with Crippen LogP contribution in [0, 0.1) is 19.8 Å². The molecule has 2 rings (SSSR count). The van der Waals surface area contributed by atoms with Gasteiger partial charge in [0.25, 0.3) is 0 Å². The van der Waals surface area contributed by atoms with E-state index in [2.05, 4.69) is 11.4 Å². The van der Waals surface area contributed by atoms with E-state index >= 15 is 0 Å². The van der Waals surface area contributed by atoms with Crippen molar-refractivity contribution < 1.29 is 14.3 Å². The first kappa shape index (κ1) is 20.9. The Kier molecular flexibility index (Phi) is 8.69. The summed E-state index contributed by atoms with van der Waals surface area (Å²) in [5.74, 6) is -0.302. The van der Waals surface area contributed by atoms with Gasteiger partial charge in [-0.15, -0.1) is 24.0 Å². The van der Waals surface area contributed by atoms with Crippen molar-refractivity contribution in [3.8, 4) is 0 Å². The van der Waals surface area contributed by atoms with Crippen LogP contribution in [0.1, 0.15) is 30.9 Å². The predicted octanol–water partition coefficient (Wildman–Crippen LogP) is 3.14. The van der Waals surface area contributed by atoms with Crippen molar-refractivity contribution in [1.82, 2.24) is 4.90 Å². The Balaban J connectivity index is 0.00000288. The van der Waals surface area contributed by atoms with E-state index in [1.54, 1.807) is 0 Å². The summed E-state index contributed by atoms with van der Waals surface area (Å²) in [7, 11) is 0. The van der Waals surface area contributed by atoms with Crippen molar-refractivity contribution in [2.24, 2.45) is 5.92 Å². The van der Waals surface area contributed by atoms with Crippen molar-refractivity contribution in [3.63, 3.8) is 0 Å². The number of halogens is 1. The lowest BCUT2D eigenvalue weighted by atomic mass is 9.98. The number of anilines is 1. The predicted molar refractivity (Wildman–Crippen MR) is 106 cm³/mol. The maximum atomic E-state index is 12.2. The van der Waals surface area contributed by atoms with Gasteiger partial charge >= 0.3 is 5.97 Å². The number of rotatable bonds is 5. The second-order valence-electron chi connectivity index (χ2n) is 6.25. The molecule has 0 saturated carbocycles. The van der Waals surface area contributed by atoms with E-state index in [0.29, 0.717) is 19.7 Å². The number of likely N-dealkylation sites (tertiary alicyclic amines) is 1. The molecule has 1 aromatic carbocycles. The zero-order chi connectivity index (χ0) is 16.8. The van der Waals surface area contributed by atoms with Crippen LogP contribution >= 0.6 is 24.0 Å². The molecule has 1 amide bonds. The van der Waals surface area contributed by atoms with Gasteiger partial charge in [-0.05, 0) is 63.4 Å². The van der Waals surface area contributed by atoms with Gasteiger partial charge in [-0.1, -0.05) is 6.07 Å². The molecule has 0 bridgehead atoms. The Morgan fingerprint density at radius 2 is 1.92 bits per heavy atom. The van der Waals surface area contributed by atoms with Crippen molar-refractivity contribution >= 4 is 41.5 Å². The smallest absolute Gasteiger partial charge is 0.310 e. The van der Waals surface area contributed by atoms with Crippen LogP contribution in [0.25, 0.3) is 0 Å². The first-order valence-corrected chi connectivity index (χ1v) is 8.25. The van der Waals surface area contributed by atoms with Gasteiger partial charge in [0.05, 0.1) is 19.1 Å². The largest absolute Gasteiger partial charge is 0.466 e. The first-order chi connectivity index (χ1) is 11.0. The minimum absolute atomic E-state index is 0. The topological polar surface area (TPSA) is 58.6 Å². The van der Waals surface area contributed by atoms with Crippen LogP contribution in [0.3, 0.4) is 0 Å². The number of aryl methyl sites for hydroxylation is 2. The van der Waals surface area contributed by atoms with Crippen LogP contribution in [-0.2, 0) is 14.3 Å². The zero-order valence-electron chi connectivity index (χ0n) is 14.6. The number of benzene rings is 1. The molecule has 1 fully saturated rings. The minimum atomic E-state index is -0.146. The summed E-state index contributed by atoms with van der Waals surface area (Å²) in [6.45, 7) is 7.99. The second kappa shape index (κ2) is 9.98. The number of hydrogen-bond acceptors (Lipinski definition) is 4. The third-order valence-corrected chi connectivity index (χ3v) is 4.00. The SMILES string of the molecule is CCOC(=O)C1CCCN(CC(=O)Nc2cc(C)cc(C)c2)C1.I. The highest BCUT2D eigenvalue weighted by molar-refractivity contribution is 14.0. The molecule has 0 aromatic heterocycles. The van der Waals surface area contributed by atoms with Gasteiger partial charge in [-0.2, -0.15) is 0 Å². The lowest BCUT2D eigenvalue weighted by Gasteiger charge is -2.30. The molecule has 1 heterocycles. The molecule has 1 aromatic rings. The maximum absolute atomic E-state index is 12.2. The molecule has 0 spiro atoms. The molecule has 1 N–H and O–H groups in total. The number of hydrogen-bond donors (Lipinski definition) is 1. The number of nitrogens with one attached hydrogen (secondary N) is 1. The molecule has 0 aliphatic carbocycles. The Morgan fingerprint density at radius 1 is 1.25 bits per heavy atom. The van der Waals surface area contributed by atoms with Crippen molar-refractivity contribution in [2.45, 2.75) is 33.6 Å². The number of amides is 1. The van der Waals surface area contributed by atoms with E-state index in [-0.39, 0.29) is 41.8 Å². The van der Waals surface area contributed by atoms with Crippen LogP contribution in [0.5, 0.6) is 0 Å². The fraction of sp³-hybridized carbons (Fsp3) is 0.556. The number of carbonyl (C=O) groups is 2. The van der Waals surface area contributed by atoms with Crippen molar-refractivity contribution in [3.05, 3.63) is 29.3 Å². The molecular weight excluding hydrogens is 419 g/mol. The second-order valence-corrected chi connectivity index (χ2v) is 6.25. The summed E-state index contributed by atoms with van der Waals surface area (Å²) in [6, 6.07) is 6.00. The summed E-state index contributed by atoms with van der Waals surface area (Å²) in [5.41, 5.74) is 3.08. The molecule has 1 aliphatic rings. The molecule has 6 heteroatoms. The van der Waals surface area contributed by atoms with E-state index in [1.165, 1.54) is 0 Å². The van der Waals surface area contributed by atoms with Gasteiger partial charge < -0.3 is 10.1 Å². The lowest BCUT2D eigenvalue weighted by Crippen LogP contribution is -2.43. The third-order valence-electron chi connectivity index (χ3n) is 4.00. The Labute approximate surface area is 161 Å². The van der Waals surface area contributed by atoms with Gasteiger partial charge in [0, 0.05) is 12.2 Å². The van der Waals surface area contributed by atoms with Gasteiger partial charge in [-0.25, -0.2) is 0 Å². The van der Waals surface area contributed by atoms with Gasteiger partial charge in [0.2, 0.25) is 5.91 Å². The molecule has 134 valence electrons. The van der Waals surface area contributed by atoms with Crippen LogP contribution in [0.4, 0.5) is 5.69 Å². The molecule has 24 heavy (non-hydrogen) atoms. The highest BCUT2D eigenvalue weighted by atomic mass is 127. The third kappa shape index (κ3) is 6.39. The molecule has 1 aliphatic heterocycles. The van der Waals surface area contributed by atoms with E-state index in [9.17, 15) is 9.59 Å². The van der Waals surface area contributed by atoms with Crippen LogP contribution in [0.2, 0.25) is 0 Å². The number of piperidine rings is 1. The van der Waals surface area contributed by atoms with E-state index < -0.39 is 0 Å². The number of ether oxygens (including phenoxy) is 1. The van der Waals surface area contributed by atoms with Gasteiger partial charge in [0.1, 0.15) is 0 Å². The number of esters is 1. The summed E-state index contributed by atoms with van der Waals surface area (Å²) in [4.78, 5) is 26.1. The van der Waals surface area contributed by atoms with Crippen LogP contribution in [0.15, 0.2) is 18.2 Å². The number of carbonyl (C=O) groups excluding carboxylic acids is 2. The maximum Gasteiger partial charge on any atom is 0.310 e. The number of nitrogens with zero attached hydrogens (tertiary/aromatic N) is 1. The normalized spacial score (nSPS) is 17.7. The Morgan fingerprint density at radius 3 is 2.54 bits per heavy atom. The first-order valence-electron chi connectivity index (χ1n) is 8.25. The van der Waals surface area contributed by atoms with Crippen LogP contribution in [-0.4, -0.2) is 43.0 Å². The van der Waals surface area contributed by atoms with E-state index in [4.69, 9.17) is 4.74 Å². The average Bonchev–Trinajstić information content (AvgIpc) is 2.46. The summed E-state index contributed by atoms with van der Waals surface area (Å²) in [6.07, 6.45) is 1.76. The highest BCUT2D eigenvalue weighted by Gasteiger charge is 2.27. The Bertz CT molecular complexity index is 557. The minimum Gasteiger partial charge on any atom is -0.466 e. The molecule has 0 radical (unpaired) electrons. The molecule has 1 atom stereocenters. The van der Waals surface area contributed by atoms with Gasteiger partial charge in [0.15, 0.2) is 0 Å². The van der Waals surface area contributed by atoms with Crippen LogP contribution < -0.4 is 5.32 Å². The molecule has 5 nitrogen and oxygen atoms in total. The van der Waals surface area contributed by atoms with Crippen molar-refractivity contribution in [2.75, 3.05) is 31.6 Å². The van der Waals surface area contributed by atoms with Gasteiger partial charge in [-0.3, -0.25) is 14.5 Å². The molecular formula is C18H27IN2O3. The summed E-state index contributed by atoms with van der Waals surface area (Å²) < 4.78 is 5.09. The molecule has 1 unspecified atom stereocenters. The monoisotopic (exact) mass is 446 g/mol.